The minimum absolute atomic E-state index is 0.0855. The van der Waals surface area contributed by atoms with Crippen LogP contribution in [-0.2, 0) is 22.4 Å². The topological polar surface area (TPSA) is 91.8 Å². The first-order valence-corrected chi connectivity index (χ1v) is 13.5. The van der Waals surface area contributed by atoms with Crippen molar-refractivity contribution in [2.45, 2.75) is 38.1 Å². The molecule has 1 atom stereocenters. The first-order valence-electron chi connectivity index (χ1n) is 13.5. The fourth-order valence-corrected chi connectivity index (χ4v) is 5.04. The molecule has 1 aliphatic heterocycles. The SMILES string of the molecule is CN(C)[C@@H]1CCN(C(=O)Nc2cc(Oc3ccc(CC(=O)C4(C(=O)Cc5ccc(F)cc5)CC4)cc3)ccn2)C1. The van der Waals surface area contributed by atoms with Gasteiger partial charge in [-0.15, -0.1) is 0 Å². The fourth-order valence-electron chi connectivity index (χ4n) is 5.04. The third kappa shape index (κ3) is 6.37. The quantitative estimate of drug-likeness (QED) is 0.366. The lowest BCUT2D eigenvalue weighted by molar-refractivity contribution is -0.133. The van der Waals surface area contributed by atoms with E-state index in [9.17, 15) is 18.8 Å². The second-order valence-corrected chi connectivity index (χ2v) is 10.8. The highest BCUT2D eigenvalue weighted by atomic mass is 19.1. The molecule has 3 aromatic rings. The summed E-state index contributed by atoms with van der Waals surface area (Å²) in [5.41, 5.74) is 0.575. The van der Waals surface area contributed by atoms with Gasteiger partial charge in [-0.1, -0.05) is 24.3 Å². The van der Waals surface area contributed by atoms with Gasteiger partial charge < -0.3 is 14.5 Å². The van der Waals surface area contributed by atoms with Gasteiger partial charge >= 0.3 is 6.03 Å². The third-order valence-corrected chi connectivity index (χ3v) is 7.77. The molecule has 0 radical (unpaired) electrons. The molecule has 0 unspecified atom stereocenters. The van der Waals surface area contributed by atoms with Crippen LogP contribution in [0.4, 0.5) is 15.0 Å². The second kappa shape index (κ2) is 11.6. The number of ketones is 2. The number of urea groups is 1. The molecule has 2 fully saturated rings. The zero-order valence-corrected chi connectivity index (χ0v) is 22.7. The van der Waals surface area contributed by atoms with Crippen LogP contribution >= 0.6 is 0 Å². The largest absolute Gasteiger partial charge is 0.457 e. The van der Waals surface area contributed by atoms with Crippen LogP contribution in [-0.4, -0.2) is 65.6 Å². The molecule has 0 spiro atoms. The van der Waals surface area contributed by atoms with Crippen molar-refractivity contribution in [1.29, 1.82) is 0 Å². The van der Waals surface area contributed by atoms with Crippen molar-refractivity contribution >= 4 is 23.4 Å². The van der Waals surface area contributed by atoms with Gasteiger partial charge in [0.15, 0.2) is 11.6 Å². The molecule has 1 saturated heterocycles. The maximum Gasteiger partial charge on any atom is 0.323 e. The number of carbonyl (C=O) groups excluding carboxylic acids is 3. The molecule has 2 heterocycles. The van der Waals surface area contributed by atoms with Gasteiger partial charge in [-0.05, 0) is 74.8 Å². The van der Waals surface area contributed by atoms with Crippen LogP contribution in [0.3, 0.4) is 0 Å². The van der Waals surface area contributed by atoms with Gasteiger partial charge in [-0.2, -0.15) is 0 Å². The number of benzene rings is 2. The predicted molar refractivity (Wildman–Crippen MR) is 149 cm³/mol. The lowest BCUT2D eigenvalue weighted by Crippen LogP contribution is -2.36. The van der Waals surface area contributed by atoms with Crippen LogP contribution in [0, 0.1) is 11.2 Å². The molecule has 9 heteroatoms. The molecule has 1 aliphatic carbocycles. The van der Waals surface area contributed by atoms with Crippen LogP contribution in [0.2, 0.25) is 0 Å². The number of pyridine rings is 1. The highest BCUT2D eigenvalue weighted by Gasteiger charge is 2.54. The number of ether oxygens (including phenoxy) is 1. The van der Waals surface area contributed by atoms with E-state index in [-0.39, 0.29) is 36.3 Å². The summed E-state index contributed by atoms with van der Waals surface area (Å²) in [5.74, 6) is 0.946. The van der Waals surface area contributed by atoms with Gasteiger partial charge in [0.2, 0.25) is 0 Å². The highest BCUT2D eigenvalue weighted by molar-refractivity contribution is 6.10. The average Bonchev–Trinajstić information content (AvgIpc) is 3.60. The Balaban J connectivity index is 1.15. The molecule has 2 aromatic carbocycles. The highest BCUT2D eigenvalue weighted by Crippen LogP contribution is 2.48. The van der Waals surface area contributed by atoms with Gasteiger partial charge in [0, 0.05) is 44.2 Å². The van der Waals surface area contributed by atoms with E-state index < -0.39 is 5.41 Å². The molecular weight excluding hydrogens is 511 g/mol. The van der Waals surface area contributed by atoms with Crippen molar-refractivity contribution in [2.75, 3.05) is 32.5 Å². The fraction of sp³-hybridized carbons (Fsp3) is 0.355. The van der Waals surface area contributed by atoms with Crippen molar-refractivity contribution < 1.29 is 23.5 Å². The zero-order chi connectivity index (χ0) is 28.3. The number of hydrogen-bond acceptors (Lipinski definition) is 6. The Hall–Kier alpha value is -4.11. The van der Waals surface area contributed by atoms with Crippen molar-refractivity contribution in [1.82, 2.24) is 14.8 Å². The maximum atomic E-state index is 13.2. The molecule has 2 amide bonds. The van der Waals surface area contributed by atoms with Gasteiger partial charge in [-0.25, -0.2) is 14.2 Å². The number of carbonyl (C=O) groups is 3. The smallest absolute Gasteiger partial charge is 0.323 e. The minimum atomic E-state index is -0.927. The number of amides is 2. The molecule has 8 nitrogen and oxygen atoms in total. The van der Waals surface area contributed by atoms with Gasteiger partial charge in [0.05, 0.1) is 5.41 Å². The van der Waals surface area contributed by atoms with Crippen molar-refractivity contribution in [2.24, 2.45) is 5.41 Å². The number of nitrogens with zero attached hydrogens (tertiary/aromatic N) is 3. The van der Waals surface area contributed by atoms with E-state index in [0.717, 1.165) is 12.0 Å². The summed E-state index contributed by atoms with van der Waals surface area (Å²) in [7, 11) is 4.03. The predicted octanol–water partition coefficient (Wildman–Crippen LogP) is 4.88. The van der Waals surface area contributed by atoms with Crippen molar-refractivity contribution in [3.8, 4) is 11.5 Å². The number of likely N-dealkylation sites (tertiary alicyclic amines) is 1. The van der Waals surface area contributed by atoms with E-state index in [1.54, 1.807) is 47.5 Å². The van der Waals surface area contributed by atoms with Crippen LogP contribution < -0.4 is 10.1 Å². The number of nitrogens with one attached hydrogen (secondary N) is 1. The van der Waals surface area contributed by atoms with Crippen LogP contribution in [0.15, 0.2) is 66.9 Å². The Bertz CT molecular complexity index is 1390. The van der Waals surface area contributed by atoms with Gasteiger partial charge in [0.25, 0.3) is 0 Å². The molecule has 5 rings (SSSR count). The van der Waals surface area contributed by atoms with E-state index >= 15 is 0 Å². The van der Waals surface area contributed by atoms with Crippen LogP contribution in [0.1, 0.15) is 30.4 Å². The van der Waals surface area contributed by atoms with E-state index in [0.29, 0.717) is 54.9 Å². The third-order valence-electron chi connectivity index (χ3n) is 7.77. The molecule has 0 bridgehead atoms. The van der Waals surface area contributed by atoms with Crippen LogP contribution in [0.5, 0.6) is 11.5 Å². The average molecular weight is 545 g/mol. The summed E-state index contributed by atoms with van der Waals surface area (Å²) < 4.78 is 19.1. The van der Waals surface area contributed by atoms with E-state index in [1.165, 1.54) is 12.1 Å². The van der Waals surface area contributed by atoms with Crippen molar-refractivity contribution in [3.63, 3.8) is 0 Å². The van der Waals surface area contributed by atoms with Crippen molar-refractivity contribution in [3.05, 3.63) is 83.8 Å². The van der Waals surface area contributed by atoms with E-state index in [1.807, 2.05) is 26.2 Å². The van der Waals surface area contributed by atoms with Gasteiger partial charge in [0.1, 0.15) is 23.1 Å². The maximum absolute atomic E-state index is 13.2. The number of halogens is 1. The second-order valence-electron chi connectivity index (χ2n) is 10.8. The Labute approximate surface area is 233 Å². The molecule has 1 N–H and O–H groups in total. The number of hydrogen-bond donors (Lipinski definition) is 1. The standard InChI is InChI=1S/C31H33FN4O4/c1-35(2)24-12-16-36(20-24)30(39)34-29-19-26(11-15-33-29)40-25-9-5-22(6-10-25)18-28(38)31(13-14-31)27(37)17-21-3-7-23(32)8-4-21/h3-11,15,19,24H,12-14,16-18,20H2,1-2H3,(H,33,34,39)/t24-/m1/s1. The summed E-state index contributed by atoms with van der Waals surface area (Å²) in [4.78, 5) is 46.8. The van der Waals surface area contributed by atoms with E-state index in [4.69, 9.17) is 4.74 Å². The molecule has 40 heavy (non-hydrogen) atoms. The first kappa shape index (κ1) is 27.5. The van der Waals surface area contributed by atoms with Crippen LogP contribution in [0.25, 0.3) is 0 Å². The summed E-state index contributed by atoms with van der Waals surface area (Å²) in [6, 6.07) is 16.5. The normalized spacial score (nSPS) is 17.5. The minimum Gasteiger partial charge on any atom is -0.457 e. The summed E-state index contributed by atoms with van der Waals surface area (Å²) in [6.07, 6.45) is 3.91. The Morgan fingerprint density at radius 2 is 1.60 bits per heavy atom. The van der Waals surface area contributed by atoms with E-state index in [2.05, 4.69) is 15.2 Å². The molecular formula is C31H33FN4O4. The number of aromatic nitrogens is 1. The number of Topliss-reactive ketones (excluding diaryl/α,β-unsaturated/α-hetero) is 2. The Morgan fingerprint density at radius 1 is 0.975 bits per heavy atom. The lowest BCUT2D eigenvalue weighted by Gasteiger charge is -2.20. The number of rotatable bonds is 10. The summed E-state index contributed by atoms with van der Waals surface area (Å²) >= 11 is 0. The molecule has 1 saturated carbocycles. The lowest BCUT2D eigenvalue weighted by atomic mass is 9.88. The Kier molecular flexibility index (Phi) is 7.93. The molecule has 208 valence electrons. The molecule has 2 aliphatic rings. The Morgan fingerprint density at radius 3 is 2.17 bits per heavy atom. The van der Waals surface area contributed by atoms with Gasteiger partial charge in [-0.3, -0.25) is 14.9 Å². The molecule has 1 aromatic heterocycles. The summed E-state index contributed by atoms with van der Waals surface area (Å²) in [5, 5.41) is 2.84. The number of anilines is 1. The first-order chi connectivity index (χ1) is 19.2. The number of likely N-dealkylation sites (N-methyl/N-ethyl adjacent to an activating group) is 1. The zero-order valence-electron chi connectivity index (χ0n) is 22.7. The summed E-state index contributed by atoms with van der Waals surface area (Å²) in [6.45, 7) is 1.37. The monoisotopic (exact) mass is 544 g/mol.